The number of aliphatic hydroxyl groups excluding tert-OH is 1. The number of hydrogen-bond acceptors (Lipinski definition) is 1. The Morgan fingerprint density at radius 3 is 2.58 bits per heavy atom. The Morgan fingerprint density at radius 2 is 2.17 bits per heavy atom. The first-order valence-corrected chi connectivity index (χ1v) is 4.24. The Labute approximate surface area is 75.1 Å². The number of rotatable bonds is 6. The van der Waals surface area contributed by atoms with Crippen molar-refractivity contribution in [3.8, 4) is 0 Å². The van der Waals surface area contributed by atoms with Gasteiger partial charge in [-0.2, -0.15) is 0 Å². The highest BCUT2D eigenvalue weighted by Gasteiger charge is 1.91. The average molecular weight is 166 g/mol. The molecule has 1 nitrogen and oxygen atoms in total. The maximum absolute atomic E-state index is 8.88. The molecule has 0 aromatic heterocycles. The summed E-state index contributed by atoms with van der Waals surface area (Å²) >= 11 is 0. The zero-order valence-electron chi connectivity index (χ0n) is 7.84. The third kappa shape index (κ3) is 5.93. The normalized spacial score (nSPS) is 11.3. The van der Waals surface area contributed by atoms with Crippen molar-refractivity contribution in [1.82, 2.24) is 0 Å². The van der Waals surface area contributed by atoms with E-state index in [4.69, 9.17) is 5.11 Å². The van der Waals surface area contributed by atoms with Crippen LogP contribution >= 0.6 is 0 Å². The van der Waals surface area contributed by atoms with Gasteiger partial charge < -0.3 is 5.11 Å². The van der Waals surface area contributed by atoms with Crippen LogP contribution in [-0.2, 0) is 0 Å². The van der Waals surface area contributed by atoms with Gasteiger partial charge in [-0.15, -0.1) is 13.2 Å². The van der Waals surface area contributed by atoms with Crippen molar-refractivity contribution < 1.29 is 5.11 Å². The SMILES string of the molecule is C=CC/C(=C\CCC(=C)C)CO. The van der Waals surface area contributed by atoms with E-state index < -0.39 is 0 Å². The van der Waals surface area contributed by atoms with Crippen LogP contribution in [0.3, 0.4) is 0 Å². The first-order chi connectivity index (χ1) is 5.70. The van der Waals surface area contributed by atoms with Gasteiger partial charge in [0, 0.05) is 0 Å². The quantitative estimate of drug-likeness (QED) is 0.601. The fourth-order valence-corrected chi connectivity index (χ4v) is 0.921. The molecule has 1 heteroatoms. The molecule has 0 saturated carbocycles. The lowest BCUT2D eigenvalue weighted by Crippen LogP contribution is -1.88. The lowest BCUT2D eigenvalue weighted by molar-refractivity contribution is 0.328. The number of allylic oxidation sites excluding steroid dienone is 3. The summed E-state index contributed by atoms with van der Waals surface area (Å²) in [4.78, 5) is 0. The summed E-state index contributed by atoms with van der Waals surface area (Å²) in [6.07, 6.45) is 6.63. The molecule has 0 heterocycles. The van der Waals surface area contributed by atoms with Gasteiger partial charge in [0.05, 0.1) is 6.61 Å². The molecule has 68 valence electrons. The molecule has 0 amide bonds. The van der Waals surface area contributed by atoms with E-state index in [1.54, 1.807) is 0 Å². The van der Waals surface area contributed by atoms with E-state index in [0.29, 0.717) is 0 Å². The van der Waals surface area contributed by atoms with Crippen molar-refractivity contribution >= 4 is 0 Å². The molecule has 12 heavy (non-hydrogen) atoms. The van der Waals surface area contributed by atoms with Gasteiger partial charge in [0.1, 0.15) is 0 Å². The Hall–Kier alpha value is -0.820. The monoisotopic (exact) mass is 166 g/mol. The molecule has 0 aliphatic carbocycles. The van der Waals surface area contributed by atoms with Crippen LogP contribution in [0.2, 0.25) is 0 Å². The molecule has 0 radical (unpaired) electrons. The van der Waals surface area contributed by atoms with Crippen LogP contribution in [0, 0.1) is 0 Å². The van der Waals surface area contributed by atoms with E-state index in [9.17, 15) is 0 Å². The van der Waals surface area contributed by atoms with Crippen LogP contribution in [-0.4, -0.2) is 11.7 Å². The molecule has 0 atom stereocenters. The third-order valence-electron chi connectivity index (χ3n) is 1.61. The van der Waals surface area contributed by atoms with Crippen LogP contribution in [0.15, 0.2) is 36.5 Å². The van der Waals surface area contributed by atoms with Gasteiger partial charge in [-0.05, 0) is 31.8 Å². The summed E-state index contributed by atoms with van der Waals surface area (Å²) in [5.41, 5.74) is 2.23. The Bertz CT molecular complexity index is 177. The Morgan fingerprint density at radius 1 is 1.50 bits per heavy atom. The van der Waals surface area contributed by atoms with Gasteiger partial charge in [0.15, 0.2) is 0 Å². The smallest absolute Gasteiger partial charge is 0.0644 e. The molecule has 1 N–H and O–H groups in total. The number of aliphatic hydroxyl groups is 1. The van der Waals surface area contributed by atoms with E-state index in [1.807, 2.05) is 13.0 Å². The van der Waals surface area contributed by atoms with Crippen LogP contribution in [0.5, 0.6) is 0 Å². The second-order valence-electron chi connectivity index (χ2n) is 3.01. The van der Waals surface area contributed by atoms with E-state index in [-0.39, 0.29) is 6.61 Å². The summed E-state index contributed by atoms with van der Waals surface area (Å²) in [7, 11) is 0. The van der Waals surface area contributed by atoms with Crippen LogP contribution < -0.4 is 0 Å². The van der Waals surface area contributed by atoms with Crippen molar-refractivity contribution in [2.75, 3.05) is 6.61 Å². The first-order valence-electron chi connectivity index (χ1n) is 4.24. The highest BCUT2D eigenvalue weighted by atomic mass is 16.3. The van der Waals surface area contributed by atoms with E-state index in [1.165, 1.54) is 5.57 Å². The van der Waals surface area contributed by atoms with Crippen molar-refractivity contribution in [2.24, 2.45) is 0 Å². The summed E-state index contributed by atoms with van der Waals surface area (Å²) in [5.74, 6) is 0. The van der Waals surface area contributed by atoms with E-state index in [2.05, 4.69) is 19.2 Å². The van der Waals surface area contributed by atoms with Gasteiger partial charge in [-0.3, -0.25) is 0 Å². The summed E-state index contributed by atoms with van der Waals surface area (Å²) in [6, 6.07) is 0. The van der Waals surface area contributed by atoms with Gasteiger partial charge in [0.25, 0.3) is 0 Å². The summed E-state index contributed by atoms with van der Waals surface area (Å²) < 4.78 is 0. The van der Waals surface area contributed by atoms with E-state index >= 15 is 0 Å². The highest BCUT2D eigenvalue weighted by molar-refractivity contribution is 5.07. The van der Waals surface area contributed by atoms with Crippen LogP contribution in [0.4, 0.5) is 0 Å². The highest BCUT2D eigenvalue weighted by Crippen LogP contribution is 2.07. The molecular formula is C11H18O. The molecule has 0 rings (SSSR count). The fraction of sp³-hybridized carbons (Fsp3) is 0.455. The molecule has 0 fully saturated rings. The number of hydrogen-bond donors (Lipinski definition) is 1. The largest absolute Gasteiger partial charge is 0.392 e. The topological polar surface area (TPSA) is 20.2 Å². The summed E-state index contributed by atoms with van der Waals surface area (Å²) in [5, 5.41) is 8.88. The summed E-state index contributed by atoms with van der Waals surface area (Å²) in [6.45, 7) is 9.59. The van der Waals surface area contributed by atoms with Crippen molar-refractivity contribution in [2.45, 2.75) is 26.2 Å². The zero-order chi connectivity index (χ0) is 9.40. The van der Waals surface area contributed by atoms with Gasteiger partial charge >= 0.3 is 0 Å². The fourth-order valence-electron chi connectivity index (χ4n) is 0.921. The minimum atomic E-state index is 0.141. The minimum Gasteiger partial charge on any atom is -0.392 e. The molecule has 0 aliphatic rings. The minimum absolute atomic E-state index is 0.141. The second-order valence-corrected chi connectivity index (χ2v) is 3.01. The predicted octanol–water partition coefficient (Wildman–Crippen LogP) is 2.84. The third-order valence-corrected chi connectivity index (χ3v) is 1.61. The maximum Gasteiger partial charge on any atom is 0.0644 e. The van der Waals surface area contributed by atoms with Gasteiger partial charge in [-0.25, -0.2) is 0 Å². The lowest BCUT2D eigenvalue weighted by Gasteiger charge is -1.99. The van der Waals surface area contributed by atoms with Crippen molar-refractivity contribution in [1.29, 1.82) is 0 Å². The van der Waals surface area contributed by atoms with Gasteiger partial charge in [-0.1, -0.05) is 17.7 Å². The van der Waals surface area contributed by atoms with Crippen LogP contribution in [0.25, 0.3) is 0 Å². The molecule has 0 aromatic carbocycles. The molecule has 0 saturated heterocycles. The maximum atomic E-state index is 8.88. The second kappa shape index (κ2) is 6.86. The van der Waals surface area contributed by atoms with Crippen molar-refractivity contribution in [3.05, 3.63) is 36.5 Å². The van der Waals surface area contributed by atoms with Gasteiger partial charge in [0.2, 0.25) is 0 Å². The van der Waals surface area contributed by atoms with Crippen molar-refractivity contribution in [3.63, 3.8) is 0 Å². The molecule has 0 aliphatic heterocycles. The molecule has 0 bridgehead atoms. The average Bonchev–Trinajstić information content (AvgIpc) is 2.02. The standard InChI is InChI=1S/C11H18O/c1-4-6-11(9-12)8-5-7-10(2)3/h4,8,12H,1-2,5-7,9H2,3H3/b11-8+. The Kier molecular flexibility index (Phi) is 6.39. The molecule has 0 aromatic rings. The Balaban J connectivity index is 3.76. The molecule has 0 spiro atoms. The zero-order valence-corrected chi connectivity index (χ0v) is 7.84. The first kappa shape index (κ1) is 11.2. The lowest BCUT2D eigenvalue weighted by atomic mass is 10.1. The molecular weight excluding hydrogens is 148 g/mol. The van der Waals surface area contributed by atoms with Crippen LogP contribution in [0.1, 0.15) is 26.2 Å². The molecule has 0 unspecified atom stereocenters. The van der Waals surface area contributed by atoms with E-state index in [0.717, 1.165) is 24.8 Å². The predicted molar refractivity (Wildman–Crippen MR) is 54.0 cm³/mol.